The Labute approximate surface area is 249 Å². The maximum Gasteiger partial charge on any atom is 0.416 e. The minimum atomic E-state index is -4.67. The molecule has 0 radical (unpaired) electrons. The third kappa shape index (κ3) is 9.61. The first kappa shape index (κ1) is 32.6. The molecule has 1 heterocycles. The van der Waals surface area contributed by atoms with E-state index in [1.165, 1.54) is 37.4 Å². The molecule has 42 heavy (non-hydrogen) atoms. The third-order valence-electron chi connectivity index (χ3n) is 5.75. The number of aromatic nitrogens is 1. The molecule has 3 N–H and O–H groups in total. The molecule has 0 saturated carbocycles. The van der Waals surface area contributed by atoms with Crippen molar-refractivity contribution in [2.45, 2.75) is 51.8 Å². The lowest BCUT2D eigenvalue weighted by molar-refractivity contribution is -0.137. The molecule has 0 aliphatic heterocycles. The molecular formula is C29H31BrF4N4O4. The summed E-state index contributed by atoms with van der Waals surface area (Å²) in [6.45, 7) is 5.57. The molecular weight excluding hydrogens is 624 g/mol. The Kier molecular flexibility index (Phi) is 10.8. The number of halogens is 5. The summed E-state index contributed by atoms with van der Waals surface area (Å²) in [6, 6.07) is 9.59. The lowest BCUT2D eigenvalue weighted by atomic mass is 10.0. The molecule has 0 bridgehead atoms. The van der Waals surface area contributed by atoms with Crippen LogP contribution in [0.5, 0.6) is 5.88 Å². The number of methoxy groups -OCH3 is 1. The molecule has 0 atom stereocenters. The number of unbranched alkanes of at least 4 members (excludes halogenated alkanes) is 1. The minimum absolute atomic E-state index is 0.0810. The van der Waals surface area contributed by atoms with Gasteiger partial charge in [-0.15, -0.1) is 0 Å². The average molecular weight is 655 g/mol. The van der Waals surface area contributed by atoms with E-state index in [1.54, 1.807) is 20.8 Å². The summed E-state index contributed by atoms with van der Waals surface area (Å²) in [5.74, 6) is -0.932. The highest BCUT2D eigenvalue weighted by atomic mass is 79.9. The summed E-state index contributed by atoms with van der Waals surface area (Å²) in [7, 11) is 1.43. The first-order valence-electron chi connectivity index (χ1n) is 12.9. The molecule has 0 aliphatic rings. The van der Waals surface area contributed by atoms with E-state index in [0.717, 1.165) is 18.2 Å². The fraction of sp³-hybridized carbons (Fsp3) is 0.345. The average Bonchev–Trinajstić information content (AvgIpc) is 2.89. The molecule has 8 nitrogen and oxygen atoms in total. The van der Waals surface area contributed by atoms with E-state index in [0.29, 0.717) is 42.9 Å². The number of nitrogens with one attached hydrogen (secondary N) is 3. The number of hydrogen-bond acceptors (Lipinski definition) is 6. The fourth-order valence-electron chi connectivity index (χ4n) is 3.82. The Hall–Kier alpha value is -3.87. The van der Waals surface area contributed by atoms with Crippen molar-refractivity contribution in [3.8, 4) is 5.88 Å². The van der Waals surface area contributed by atoms with Crippen LogP contribution in [0, 0.1) is 5.82 Å². The van der Waals surface area contributed by atoms with E-state index < -0.39 is 35.2 Å². The van der Waals surface area contributed by atoms with Gasteiger partial charge >= 0.3 is 12.3 Å². The van der Waals surface area contributed by atoms with Gasteiger partial charge in [-0.05, 0) is 104 Å². The number of aryl methyl sites for hydroxylation is 1. The van der Waals surface area contributed by atoms with Crippen LogP contribution in [0.4, 0.5) is 39.4 Å². The molecule has 3 rings (SSSR count). The SMILES string of the molecule is COc1ccc(NC(=O)c2ccc(C(F)(F)F)cc2Nc2ccc(F)cc2CCCCNC(=O)OC(C)(C)C)c(Br)n1. The van der Waals surface area contributed by atoms with Gasteiger partial charge in [-0.25, -0.2) is 14.2 Å². The Balaban J connectivity index is 1.81. The number of benzene rings is 2. The number of nitrogens with zero attached hydrogens (tertiary/aromatic N) is 1. The zero-order chi connectivity index (χ0) is 31.1. The van der Waals surface area contributed by atoms with Crippen molar-refractivity contribution in [1.82, 2.24) is 10.3 Å². The van der Waals surface area contributed by atoms with E-state index in [-0.39, 0.29) is 21.5 Å². The Morgan fingerprint density at radius 3 is 2.31 bits per heavy atom. The van der Waals surface area contributed by atoms with Crippen LogP contribution in [0.15, 0.2) is 53.1 Å². The number of carbonyl (C=O) groups is 2. The Bertz CT molecular complexity index is 1430. The number of rotatable bonds is 10. The summed E-state index contributed by atoms with van der Waals surface area (Å²) >= 11 is 3.24. The van der Waals surface area contributed by atoms with Crippen LogP contribution in [-0.2, 0) is 17.3 Å². The highest BCUT2D eigenvalue weighted by Gasteiger charge is 2.32. The Morgan fingerprint density at radius 2 is 1.67 bits per heavy atom. The van der Waals surface area contributed by atoms with Crippen LogP contribution in [-0.4, -0.2) is 36.2 Å². The van der Waals surface area contributed by atoms with E-state index in [2.05, 4.69) is 36.9 Å². The second-order valence-electron chi connectivity index (χ2n) is 10.2. The van der Waals surface area contributed by atoms with Gasteiger partial charge < -0.3 is 25.4 Å². The van der Waals surface area contributed by atoms with E-state index in [9.17, 15) is 27.2 Å². The first-order chi connectivity index (χ1) is 19.7. The molecule has 2 amide bonds. The van der Waals surface area contributed by atoms with Gasteiger partial charge in [0.1, 0.15) is 16.0 Å². The standard InChI is InChI=1S/C29H31BrF4N4O4/c1-28(2,3)42-27(40)35-14-6-5-7-17-15-19(31)9-11-21(17)36-23-16-18(29(32,33)34)8-10-20(23)26(39)37-22-12-13-24(41-4)38-25(22)30/h8-13,15-16,36H,5-7,14H2,1-4H3,(H,35,40)(H,37,39). The highest BCUT2D eigenvalue weighted by Crippen LogP contribution is 2.35. The maximum atomic E-state index is 14.2. The van der Waals surface area contributed by atoms with E-state index in [4.69, 9.17) is 9.47 Å². The third-order valence-corrected chi connectivity index (χ3v) is 6.35. The van der Waals surface area contributed by atoms with Gasteiger partial charge in [-0.1, -0.05) is 0 Å². The van der Waals surface area contributed by atoms with Gasteiger partial charge in [0.05, 0.1) is 29.6 Å². The topological polar surface area (TPSA) is 102 Å². The number of carbonyl (C=O) groups excluding carboxylic acids is 2. The number of alkyl halides is 3. The number of ether oxygens (including phenoxy) is 2. The van der Waals surface area contributed by atoms with Crippen LogP contribution in [0.2, 0.25) is 0 Å². The van der Waals surface area contributed by atoms with E-state index in [1.807, 2.05) is 0 Å². The lowest BCUT2D eigenvalue weighted by Gasteiger charge is -2.19. The normalized spacial score (nSPS) is 11.5. The summed E-state index contributed by atoms with van der Waals surface area (Å²) in [6.07, 6.45) is -3.80. The van der Waals surface area contributed by atoms with Crippen molar-refractivity contribution in [2.24, 2.45) is 0 Å². The summed E-state index contributed by atoms with van der Waals surface area (Å²) in [5, 5.41) is 8.17. The lowest BCUT2D eigenvalue weighted by Crippen LogP contribution is -2.33. The highest BCUT2D eigenvalue weighted by molar-refractivity contribution is 9.10. The van der Waals surface area contributed by atoms with Crippen LogP contribution in [0.3, 0.4) is 0 Å². The monoisotopic (exact) mass is 654 g/mol. The smallest absolute Gasteiger partial charge is 0.416 e. The quantitative estimate of drug-likeness (QED) is 0.117. The molecule has 0 aliphatic carbocycles. The number of amides is 2. The van der Waals surface area contributed by atoms with Crippen LogP contribution >= 0.6 is 15.9 Å². The van der Waals surface area contributed by atoms with Crippen LogP contribution < -0.4 is 20.7 Å². The predicted molar refractivity (Wildman–Crippen MR) is 155 cm³/mol. The van der Waals surface area contributed by atoms with Crippen molar-refractivity contribution in [2.75, 3.05) is 24.3 Å². The molecule has 226 valence electrons. The van der Waals surface area contributed by atoms with Gasteiger partial charge in [0.2, 0.25) is 5.88 Å². The van der Waals surface area contributed by atoms with Crippen LogP contribution in [0.25, 0.3) is 0 Å². The van der Waals surface area contributed by atoms with Gasteiger partial charge in [0, 0.05) is 18.3 Å². The molecule has 0 saturated heterocycles. The number of anilines is 3. The summed E-state index contributed by atoms with van der Waals surface area (Å²) in [5.41, 5.74) is -0.718. The molecule has 0 spiro atoms. The molecule has 3 aromatic rings. The van der Waals surface area contributed by atoms with Crippen molar-refractivity contribution >= 4 is 45.0 Å². The number of hydrogen-bond donors (Lipinski definition) is 3. The molecule has 1 aromatic heterocycles. The number of pyridine rings is 1. The van der Waals surface area contributed by atoms with Gasteiger partial charge in [-0.3, -0.25) is 4.79 Å². The summed E-state index contributed by atoms with van der Waals surface area (Å²) < 4.78 is 65.4. The van der Waals surface area contributed by atoms with Gasteiger partial charge in [0.25, 0.3) is 5.91 Å². The zero-order valence-corrected chi connectivity index (χ0v) is 25.0. The summed E-state index contributed by atoms with van der Waals surface area (Å²) in [4.78, 5) is 29.1. The van der Waals surface area contributed by atoms with Crippen molar-refractivity contribution in [3.63, 3.8) is 0 Å². The second-order valence-corrected chi connectivity index (χ2v) is 11.0. The second kappa shape index (κ2) is 13.9. The van der Waals surface area contributed by atoms with E-state index >= 15 is 0 Å². The van der Waals surface area contributed by atoms with Crippen molar-refractivity contribution in [1.29, 1.82) is 0 Å². The first-order valence-corrected chi connectivity index (χ1v) is 13.7. The molecule has 0 unspecified atom stereocenters. The predicted octanol–water partition coefficient (Wildman–Crippen LogP) is 7.85. The largest absolute Gasteiger partial charge is 0.481 e. The Morgan fingerprint density at radius 1 is 0.952 bits per heavy atom. The minimum Gasteiger partial charge on any atom is -0.481 e. The molecule has 0 fully saturated rings. The van der Waals surface area contributed by atoms with Crippen LogP contribution in [0.1, 0.15) is 55.1 Å². The fourth-order valence-corrected chi connectivity index (χ4v) is 4.22. The maximum absolute atomic E-state index is 14.2. The van der Waals surface area contributed by atoms with Gasteiger partial charge in [-0.2, -0.15) is 13.2 Å². The van der Waals surface area contributed by atoms with Crippen molar-refractivity contribution < 1.29 is 36.6 Å². The molecule has 13 heteroatoms. The zero-order valence-electron chi connectivity index (χ0n) is 23.4. The van der Waals surface area contributed by atoms with Crippen molar-refractivity contribution in [3.05, 3.63) is 75.6 Å². The number of alkyl carbamates (subject to hydrolysis) is 1. The van der Waals surface area contributed by atoms with Gasteiger partial charge in [0.15, 0.2) is 0 Å². The molecule has 2 aromatic carbocycles.